The van der Waals surface area contributed by atoms with Crippen molar-refractivity contribution in [3.05, 3.63) is 35.4 Å². The van der Waals surface area contributed by atoms with Crippen LogP contribution in [0.5, 0.6) is 0 Å². The summed E-state index contributed by atoms with van der Waals surface area (Å²) in [6.07, 6.45) is 1.45. The summed E-state index contributed by atoms with van der Waals surface area (Å²) < 4.78 is 32.8. The van der Waals surface area contributed by atoms with Crippen LogP contribution < -0.4 is 0 Å². The minimum atomic E-state index is -3.57. The number of hydrogen-bond donors (Lipinski definition) is 1. The van der Waals surface area contributed by atoms with E-state index in [-0.39, 0.29) is 13.2 Å². The maximum Gasteiger partial charge on any atom is 0.222 e. The number of nitrogens with zero attached hydrogens (tertiary/aromatic N) is 1. The van der Waals surface area contributed by atoms with E-state index < -0.39 is 26.9 Å². The van der Waals surface area contributed by atoms with Gasteiger partial charge in [-0.3, -0.25) is 0 Å². The molecule has 2 heterocycles. The summed E-state index contributed by atoms with van der Waals surface area (Å²) in [5.41, 5.74) is 1.89. The quantitative estimate of drug-likeness (QED) is 0.902. The van der Waals surface area contributed by atoms with Crippen molar-refractivity contribution in [1.29, 1.82) is 0 Å². The SMILES string of the molecule is Cc1cccc(CC2(C)CCCN2S(=O)(=O)C2COCC2O)c1. The molecule has 1 N–H and O–H groups in total. The first-order chi connectivity index (χ1) is 10.8. The fourth-order valence-corrected chi connectivity index (χ4v) is 6.07. The molecular formula is C17H25NO4S. The summed E-state index contributed by atoms with van der Waals surface area (Å²) in [5, 5.41) is 9.11. The molecule has 0 amide bonds. The average Bonchev–Trinajstić information content (AvgIpc) is 3.05. The number of benzene rings is 1. The maximum atomic E-state index is 13.0. The predicted octanol–water partition coefficient (Wildman–Crippen LogP) is 1.48. The van der Waals surface area contributed by atoms with Gasteiger partial charge in [0.25, 0.3) is 0 Å². The van der Waals surface area contributed by atoms with Gasteiger partial charge in [0, 0.05) is 12.1 Å². The van der Waals surface area contributed by atoms with Gasteiger partial charge in [-0.1, -0.05) is 29.8 Å². The second kappa shape index (κ2) is 6.16. The number of rotatable bonds is 4. The molecule has 2 aliphatic heterocycles. The van der Waals surface area contributed by atoms with Crippen molar-refractivity contribution in [2.75, 3.05) is 19.8 Å². The molecule has 0 aliphatic carbocycles. The van der Waals surface area contributed by atoms with Crippen LogP contribution in [0.2, 0.25) is 0 Å². The van der Waals surface area contributed by atoms with Crippen LogP contribution in [0.4, 0.5) is 0 Å². The molecule has 2 fully saturated rings. The summed E-state index contributed by atoms with van der Waals surface area (Å²) in [6.45, 7) is 4.77. The van der Waals surface area contributed by atoms with Gasteiger partial charge in [0.2, 0.25) is 10.0 Å². The molecule has 2 saturated heterocycles. The van der Waals surface area contributed by atoms with E-state index >= 15 is 0 Å². The topological polar surface area (TPSA) is 66.8 Å². The van der Waals surface area contributed by atoms with Gasteiger partial charge in [0.05, 0.1) is 19.3 Å². The Morgan fingerprint density at radius 2 is 2.17 bits per heavy atom. The van der Waals surface area contributed by atoms with Crippen LogP contribution in [0, 0.1) is 6.92 Å². The van der Waals surface area contributed by atoms with E-state index in [4.69, 9.17) is 4.74 Å². The third-order valence-electron chi connectivity index (χ3n) is 5.04. The van der Waals surface area contributed by atoms with Crippen LogP contribution in [-0.4, -0.2) is 54.5 Å². The molecule has 5 nitrogen and oxygen atoms in total. The molecule has 3 rings (SSSR count). The molecule has 6 heteroatoms. The molecule has 0 aromatic heterocycles. The molecule has 3 atom stereocenters. The van der Waals surface area contributed by atoms with E-state index in [0.29, 0.717) is 13.0 Å². The van der Waals surface area contributed by atoms with Crippen molar-refractivity contribution in [2.45, 2.75) is 50.0 Å². The highest BCUT2D eigenvalue weighted by Gasteiger charge is 2.49. The third-order valence-corrected chi connectivity index (χ3v) is 7.49. The first-order valence-corrected chi connectivity index (χ1v) is 9.66. The van der Waals surface area contributed by atoms with Crippen molar-refractivity contribution in [3.63, 3.8) is 0 Å². The molecule has 1 aromatic rings. The molecule has 0 radical (unpaired) electrons. The van der Waals surface area contributed by atoms with Gasteiger partial charge in [0.15, 0.2) is 0 Å². The van der Waals surface area contributed by atoms with E-state index in [9.17, 15) is 13.5 Å². The Labute approximate surface area is 138 Å². The summed E-state index contributed by atoms with van der Waals surface area (Å²) in [4.78, 5) is 0. The van der Waals surface area contributed by atoms with E-state index in [1.54, 1.807) is 4.31 Å². The average molecular weight is 339 g/mol. The standard InChI is InChI=1S/C17H25NO4S/c1-13-5-3-6-14(9-13)10-17(2)7-4-8-18(17)23(20,21)16-12-22-11-15(16)19/h3,5-6,9,15-16,19H,4,7-8,10-12H2,1-2H3. The molecule has 0 spiro atoms. The second-order valence-corrected chi connectivity index (χ2v) is 9.10. The number of aryl methyl sites for hydroxylation is 1. The second-order valence-electron chi connectivity index (χ2n) is 7.03. The van der Waals surface area contributed by atoms with Crippen molar-refractivity contribution < 1.29 is 18.3 Å². The minimum absolute atomic E-state index is 0.0839. The van der Waals surface area contributed by atoms with Crippen LogP contribution in [0.3, 0.4) is 0 Å². The largest absolute Gasteiger partial charge is 0.389 e. The molecule has 0 saturated carbocycles. The van der Waals surface area contributed by atoms with Crippen molar-refractivity contribution >= 4 is 10.0 Å². The molecule has 128 valence electrons. The number of aliphatic hydroxyl groups excluding tert-OH is 1. The summed E-state index contributed by atoms with van der Waals surface area (Å²) in [6, 6.07) is 8.22. The Bertz CT molecular complexity index is 675. The van der Waals surface area contributed by atoms with Gasteiger partial charge in [0.1, 0.15) is 5.25 Å². The molecular weight excluding hydrogens is 314 g/mol. The number of sulfonamides is 1. The lowest BCUT2D eigenvalue weighted by molar-refractivity contribution is 0.127. The van der Waals surface area contributed by atoms with Gasteiger partial charge in [-0.25, -0.2) is 8.42 Å². The smallest absolute Gasteiger partial charge is 0.222 e. The normalized spacial score (nSPS) is 32.5. The third kappa shape index (κ3) is 3.18. The lowest BCUT2D eigenvalue weighted by Gasteiger charge is -2.36. The zero-order valence-corrected chi connectivity index (χ0v) is 14.6. The van der Waals surface area contributed by atoms with Crippen LogP contribution in [0.25, 0.3) is 0 Å². The summed E-state index contributed by atoms with van der Waals surface area (Å²) >= 11 is 0. The van der Waals surface area contributed by atoms with Crippen LogP contribution in [-0.2, 0) is 21.2 Å². The fraction of sp³-hybridized carbons (Fsp3) is 0.647. The van der Waals surface area contributed by atoms with Gasteiger partial charge in [-0.15, -0.1) is 0 Å². The zero-order chi connectivity index (χ0) is 16.7. The number of aliphatic hydroxyl groups is 1. The Hall–Kier alpha value is -0.950. The number of hydrogen-bond acceptors (Lipinski definition) is 4. The van der Waals surface area contributed by atoms with Crippen molar-refractivity contribution in [2.24, 2.45) is 0 Å². The Kier molecular flexibility index (Phi) is 4.53. The van der Waals surface area contributed by atoms with Crippen molar-refractivity contribution in [3.8, 4) is 0 Å². The van der Waals surface area contributed by atoms with E-state index in [0.717, 1.165) is 18.4 Å². The highest BCUT2D eigenvalue weighted by molar-refractivity contribution is 7.89. The fourth-order valence-electron chi connectivity index (χ4n) is 3.84. The highest BCUT2D eigenvalue weighted by Crippen LogP contribution is 2.37. The predicted molar refractivity (Wildman–Crippen MR) is 88.8 cm³/mol. The van der Waals surface area contributed by atoms with Crippen LogP contribution >= 0.6 is 0 Å². The monoisotopic (exact) mass is 339 g/mol. The van der Waals surface area contributed by atoms with Crippen LogP contribution in [0.1, 0.15) is 30.9 Å². The van der Waals surface area contributed by atoms with Gasteiger partial charge < -0.3 is 9.84 Å². The lowest BCUT2D eigenvalue weighted by Crippen LogP contribution is -2.52. The number of ether oxygens (including phenoxy) is 1. The van der Waals surface area contributed by atoms with Crippen LogP contribution in [0.15, 0.2) is 24.3 Å². The highest BCUT2D eigenvalue weighted by atomic mass is 32.2. The Morgan fingerprint density at radius 1 is 1.39 bits per heavy atom. The molecule has 3 unspecified atom stereocenters. The molecule has 0 bridgehead atoms. The van der Waals surface area contributed by atoms with Gasteiger partial charge in [-0.2, -0.15) is 4.31 Å². The van der Waals surface area contributed by atoms with Gasteiger partial charge in [-0.05, 0) is 38.7 Å². The first-order valence-electron chi connectivity index (χ1n) is 8.16. The van der Waals surface area contributed by atoms with E-state index in [2.05, 4.69) is 12.1 Å². The molecule has 2 aliphatic rings. The molecule has 1 aromatic carbocycles. The molecule has 23 heavy (non-hydrogen) atoms. The lowest BCUT2D eigenvalue weighted by atomic mass is 9.91. The minimum Gasteiger partial charge on any atom is -0.389 e. The van der Waals surface area contributed by atoms with Gasteiger partial charge >= 0.3 is 0 Å². The zero-order valence-electron chi connectivity index (χ0n) is 13.7. The summed E-state index contributed by atoms with van der Waals surface area (Å²) in [7, 11) is -3.57. The van der Waals surface area contributed by atoms with E-state index in [1.165, 1.54) is 5.56 Å². The Balaban J connectivity index is 1.86. The van der Waals surface area contributed by atoms with Crippen molar-refractivity contribution in [1.82, 2.24) is 4.31 Å². The summed E-state index contributed by atoms with van der Waals surface area (Å²) in [5.74, 6) is 0. The Morgan fingerprint density at radius 3 is 2.83 bits per heavy atom. The first kappa shape index (κ1) is 16.9. The van der Waals surface area contributed by atoms with E-state index in [1.807, 2.05) is 26.0 Å². The maximum absolute atomic E-state index is 13.0.